The van der Waals surface area contributed by atoms with Gasteiger partial charge in [0, 0.05) is 42.2 Å². The highest BCUT2D eigenvalue weighted by Crippen LogP contribution is 2.40. The number of carbonyl (C=O) groups is 1. The van der Waals surface area contributed by atoms with Gasteiger partial charge in [-0.1, -0.05) is 30.3 Å². The number of rotatable bonds is 6. The first-order chi connectivity index (χ1) is 21.9. The summed E-state index contributed by atoms with van der Waals surface area (Å²) in [5, 5.41) is 16.2. The van der Waals surface area contributed by atoms with E-state index in [1.165, 1.54) is 0 Å². The number of ether oxygens (including phenoxy) is 1. The zero-order chi connectivity index (χ0) is 30.7. The number of amides is 1. The number of carbonyl (C=O) groups excluding carboxylic acids is 1. The first kappa shape index (κ1) is 28.5. The fourth-order valence-corrected chi connectivity index (χ4v) is 8.03. The molecule has 0 spiro atoms. The second-order valence-corrected chi connectivity index (χ2v) is 13.1. The number of likely N-dealkylation sites (tertiary alicyclic amines) is 1. The Morgan fingerprint density at radius 3 is 2.58 bits per heavy atom. The van der Waals surface area contributed by atoms with Crippen molar-refractivity contribution in [2.75, 3.05) is 44.7 Å². The first-order valence-electron chi connectivity index (χ1n) is 16.3. The van der Waals surface area contributed by atoms with E-state index >= 15 is 4.39 Å². The monoisotopic (exact) mass is 610 g/mol. The molecule has 45 heavy (non-hydrogen) atoms. The largest absolute Gasteiger partial charge is 0.508 e. The summed E-state index contributed by atoms with van der Waals surface area (Å²) >= 11 is 0. The summed E-state index contributed by atoms with van der Waals surface area (Å²) in [6.07, 6.45) is 5.97. The summed E-state index contributed by atoms with van der Waals surface area (Å²) < 4.78 is 23.0. The number of hydrogen-bond acceptors (Lipinski definition) is 8. The number of piperazine rings is 1. The topological polar surface area (TPSA) is 94.1 Å². The Bertz CT molecular complexity index is 1760. The lowest BCUT2D eigenvalue weighted by Crippen LogP contribution is -2.59. The van der Waals surface area contributed by atoms with Gasteiger partial charge in [0.25, 0.3) is 0 Å². The van der Waals surface area contributed by atoms with Crippen LogP contribution in [0.4, 0.5) is 10.2 Å². The molecule has 4 saturated heterocycles. The van der Waals surface area contributed by atoms with E-state index in [1.807, 2.05) is 30.3 Å². The molecule has 4 aliphatic rings. The molecule has 10 heteroatoms. The van der Waals surface area contributed by atoms with E-state index in [1.54, 1.807) is 18.2 Å². The van der Waals surface area contributed by atoms with Crippen LogP contribution in [0, 0.1) is 5.82 Å². The van der Waals surface area contributed by atoms with Crippen molar-refractivity contribution < 1.29 is 19.0 Å². The average molecular weight is 611 g/mol. The van der Waals surface area contributed by atoms with Crippen molar-refractivity contribution in [3.63, 3.8) is 0 Å². The van der Waals surface area contributed by atoms with Crippen LogP contribution in [-0.2, 0) is 4.79 Å². The van der Waals surface area contributed by atoms with Gasteiger partial charge in [0.1, 0.15) is 23.7 Å². The van der Waals surface area contributed by atoms with Gasteiger partial charge in [0.15, 0.2) is 5.82 Å². The number of benzene rings is 3. The number of aromatic nitrogens is 2. The van der Waals surface area contributed by atoms with E-state index in [0.29, 0.717) is 42.0 Å². The summed E-state index contributed by atoms with van der Waals surface area (Å²) in [6, 6.07) is 15.1. The second kappa shape index (κ2) is 11.4. The van der Waals surface area contributed by atoms with E-state index < -0.39 is 5.82 Å². The number of hydrogen-bond donors (Lipinski definition) is 2. The molecular formula is C35H39FN6O3. The van der Waals surface area contributed by atoms with Gasteiger partial charge in [-0.3, -0.25) is 4.79 Å². The molecule has 0 aliphatic carbocycles. The van der Waals surface area contributed by atoms with Crippen LogP contribution in [-0.4, -0.2) is 94.8 Å². The minimum Gasteiger partial charge on any atom is -0.508 e. The molecule has 8 rings (SSSR count). The normalized spacial score (nSPS) is 25.1. The van der Waals surface area contributed by atoms with E-state index in [4.69, 9.17) is 9.72 Å². The Kier molecular flexibility index (Phi) is 7.21. The molecule has 0 saturated carbocycles. The van der Waals surface area contributed by atoms with Crippen LogP contribution in [0.1, 0.15) is 38.5 Å². The SMILES string of the molecule is CN1CCC[C@H]1COc1nc(N2C[C@H]3CC[C@@H](C2)N3C(=O)[C@H]2CCCN2)c2ccc(-c3cc(O)cc4ccccc34)c(F)c2n1. The lowest BCUT2D eigenvalue weighted by atomic mass is 9.96. The van der Waals surface area contributed by atoms with E-state index in [2.05, 4.69) is 32.0 Å². The third-order valence-corrected chi connectivity index (χ3v) is 10.4. The maximum atomic E-state index is 16.7. The molecule has 4 aromatic rings. The minimum absolute atomic E-state index is 0.0759. The molecule has 9 nitrogen and oxygen atoms in total. The van der Waals surface area contributed by atoms with E-state index in [9.17, 15) is 9.90 Å². The standard InChI is InChI=1S/C35H39FN6O3/c1-40-15-5-7-24(40)20-45-35-38-32-28(13-12-27(31(32)36)29-17-25(43)16-21-6-2-3-8-26(21)29)33(39-35)41-18-22-10-11-23(19-41)42(22)34(44)30-9-4-14-37-30/h2-3,6,8,12-13,16-17,22-24,30,37,43H,4-5,7,9-11,14-15,18-20H2,1H3/t22-,23+,24-,30+/m0/s1. The number of aromatic hydroxyl groups is 1. The predicted molar refractivity (Wildman–Crippen MR) is 172 cm³/mol. The summed E-state index contributed by atoms with van der Waals surface area (Å²) in [7, 11) is 2.09. The lowest BCUT2D eigenvalue weighted by Gasteiger charge is -2.42. The molecule has 234 valence electrons. The Balaban J connectivity index is 1.19. The molecule has 4 atom stereocenters. The number of phenols is 1. The van der Waals surface area contributed by atoms with Crippen LogP contribution in [0.25, 0.3) is 32.8 Å². The molecule has 2 N–H and O–H groups in total. The Labute approximate surface area is 262 Å². The highest BCUT2D eigenvalue weighted by Gasteiger charge is 2.45. The quantitative estimate of drug-likeness (QED) is 0.325. The number of fused-ring (bicyclic) bond motifs is 4. The zero-order valence-corrected chi connectivity index (χ0v) is 25.6. The molecule has 1 amide bonds. The maximum absolute atomic E-state index is 16.7. The number of anilines is 1. The second-order valence-electron chi connectivity index (χ2n) is 13.1. The predicted octanol–water partition coefficient (Wildman–Crippen LogP) is 4.70. The van der Waals surface area contributed by atoms with Crippen molar-refractivity contribution in [2.45, 2.75) is 62.7 Å². The number of phenolic OH excluding ortho intramolecular Hbond substituents is 1. The van der Waals surface area contributed by atoms with Crippen LogP contribution in [0.3, 0.4) is 0 Å². The maximum Gasteiger partial charge on any atom is 0.319 e. The smallest absolute Gasteiger partial charge is 0.319 e. The van der Waals surface area contributed by atoms with Gasteiger partial charge in [0.2, 0.25) is 5.91 Å². The molecular weight excluding hydrogens is 571 g/mol. The van der Waals surface area contributed by atoms with Crippen molar-refractivity contribution in [2.24, 2.45) is 0 Å². The molecule has 5 heterocycles. The van der Waals surface area contributed by atoms with Gasteiger partial charge in [0.05, 0.1) is 6.04 Å². The van der Waals surface area contributed by atoms with Gasteiger partial charge in [-0.2, -0.15) is 9.97 Å². The summed E-state index contributed by atoms with van der Waals surface area (Å²) in [6.45, 7) is 3.61. The van der Waals surface area contributed by atoms with Gasteiger partial charge in [-0.05, 0) is 93.2 Å². The number of halogens is 1. The Morgan fingerprint density at radius 1 is 1.00 bits per heavy atom. The van der Waals surface area contributed by atoms with Crippen molar-refractivity contribution in [3.05, 3.63) is 54.3 Å². The molecule has 4 fully saturated rings. The van der Waals surface area contributed by atoms with Gasteiger partial charge in [-0.25, -0.2) is 4.39 Å². The zero-order valence-electron chi connectivity index (χ0n) is 25.6. The minimum atomic E-state index is -0.473. The summed E-state index contributed by atoms with van der Waals surface area (Å²) in [5.74, 6) is 0.459. The van der Waals surface area contributed by atoms with Crippen LogP contribution in [0.15, 0.2) is 48.5 Å². The highest BCUT2D eigenvalue weighted by atomic mass is 19.1. The van der Waals surface area contributed by atoms with Crippen molar-refractivity contribution >= 4 is 33.4 Å². The van der Waals surface area contributed by atoms with Crippen LogP contribution < -0.4 is 15.0 Å². The van der Waals surface area contributed by atoms with Gasteiger partial charge < -0.3 is 29.9 Å². The van der Waals surface area contributed by atoms with Crippen LogP contribution in [0.5, 0.6) is 11.8 Å². The summed E-state index contributed by atoms with van der Waals surface area (Å²) in [5.41, 5.74) is 1.16. The Hall–Kier alpha value is -4.02. The number of nitrogens with one attached hydrogen (secondary N) is 1. The van der Waals surface area contributed by atoms with Gasteiger partial charge >= 0.3 is 6.01 Å². The molecule has 4 aliphatic heterocycles. The number of likely N-dealkylation sites (N-methyl/N-ethyl adjacent to an activating group) is 1. The van der Waals surface area contributed by atoms with Crippen molar-refractivity contribution in [1.29, 1.82) is 0 Å². The third kappa shape index (κ3) is 5.04. The molecule has 2 bridgehead atoms. The highest BCUT2D eigenvalue weighted by molar-refractivity contribution is 6.01. The lowest BCUT2D eigenvalue weighted by molar-refractivity contribution is -0.136. The van der Waals surface area contributed by atoms with Crippen molar-refractivity contribution in [1.82, 2.24) is 25.1 Å². The summed E-state index contributed by atoms with van der Waals surface area (Å²) in [4.78, 5) is 29.6. The van der Waals surface area contributed by atoms with Gasteiger partial charge in [-0.15, -0.1) is 0 Å². The van der Waals surface area contributed by atoms with Crippen molar-refractivity contribution in [3.8, 4) is 22.9 Å². The van der Waals surface area contributed by atoms with E-state index in [0.717, 1.165) is 62.4 Å². The average Bonchev–Trinajstić information content (AvgIpc) is 3.79. The molecule has 1 aromatic heterocycles. The fraction of sp³-hybridized carbons (Fsp3) is 0.457. The number of nitrogens with zero attached hydrogens (tertiary/aromatic N) is 5. The third-order valence-electron chi connectivity index (χ3n) is 10.4. The van der Waals surface area contributed by atoms with Crippen LogP contribution in [0.2, 0.25) is 0 Å². The molecule has 0 radical (unpaired) electrons. The fourth-order valence-electron chi connectivity index (χ4n) is 8.03. The first-order valence-corrected chi connectivity index (χ1v) is 16.3. The molecule has 0 unspecified atom stereocenters. The Morgan fingerprint density at radius 2 is 1.82 bits per heavy atom. The van der Waals surface area contributed by atoms with Crippen LogP contribution >= 0.6 is 0 Å². The van der Waals surface area contributed by atoms with E-state index in [-0.39, 0.29) is 47.4 Å². The molecule has 3 aromatic carbocycles.